The van der Waals surface area contributed by atoms with Gasteiger partial charge in [0.1, 0.15) is 11.5 Å². The molecule has 1 unspecified atom stereocenters. The lowest BCUT2D eigenvalue weighted by molar-refractivity contribution is 0.481. The fourth-order valence-corrected chi connectivity index (χ4v) is 3.25. The Hall–Kier alpha value is -2.10. The average molecular weight is 309 g/mol. The minimum Gasteiger partial charge on any atom is -0.457 e. The van der Waals surface area contributed by atoms with Gasteiger partial charge < -0.3 is 10.5 Å². The zero-order valence-electron chi connectivity index (χ0n) is 12.3. The van der Waals surface area contributed by atoms with Gasteiger partial charge in [0, 0.05) is 10.8 Å². The van der Waals surface area contributed by atoms with E-state index in [-0.39, 0.29) is 0 Å². The van der Waals surface area contributed by atoms with E-state index in [1.54, 1.807) is 11.3 Å². The van der Waals surface area contributed by atoms with Gasteiger partial charge in [-0.05, 0) is 54.2 Å². The minimum absolute atomic E-state index is 0.318. The molecule has 2 nitrogen and oxygen atoms in total. The summed E-state index contributed by atoms with van der Waals surface area (Å²) in [5.74, 6) is 2.02. The molecule has 3 rings (SSSR count). The summed E-state index contributed by atoms with van der Waals surface area (Å²) in [6.07, 6.45) is 0.975. The van der Waals surface area contributed by atoms with Crippen LogP contribution in [0.1, 0.15) is 16.4 Å². The number of benzene rings is 2. The second-order valence-corrected chi connectivity index (χ2v) is 6.24. The minimum atomic E-state index is 0.318. The van der Waals surface area contributed by atoms with Crippen molar-refractivity contribution in [2.45, 2.75) is 12.3 Å². The Labute approximate surface area is 135 Å². The predicted molar refractivity (Wildman–Crippen MR) is 92.8 cm³/mol. The molecule has 0 aliphatic heterocycles. The Balaban J connectivity index is 1.77. The highest BCUT2D eigenvalue weighted by Gasteiger charge is 2.12. The maximum Gasteiger partial charge on any atom is 0.127 e. The van der Waals surface area contributed by atoms with E-state index >= 15 is 0 Å². The molecule has 0 bridgehead atoms. The third-order valence-corrected chi connectivity index (χ3v) is 4.52. The van der Waals surface area contributed by atoms with E-state index in [0.29, 0.717) is 12.5 Å². The zero-order valence-corrected chi connectivity index (χ0v) is 13.1. The first-order valence-corrected chi connectivity index (χ1v) is 8.28. The summed E-state index contributed by atoms with van der Waals surface area (Å²) in [5, 5.41) is 2.11. The summed E-state index contributed by atoms with van der Waals surface area (Å²) in [7, 11) is 0. The Morgan fingerprint density at radius 3 is 2.45 bits per heavy atom. The number of thiophene rings is 1. The van der Waals surface area contributed by atoms with Crippen LogP contribution in [0.2, 0.25) is 0 Å². The van der Waals surface area contributed by atoms with Crippen molar-refractivity contribution in [2.24, 2.45) is 5.73 Å². The molecule has 0 aliphatic rings. The number of ether oxygens (including phenoxy) is 1. The average Bonchev–Trinajstić information content (AvgIpc) is 3.07. The highest BCUT2D eigenvalue weighted by Crippen LogP contribution is 2.27. The first-order valence-electron chi connectivity index (χ1n) is 7.40. The second-order valence-electron chi connectivity index (χ2n) is 5.20. The standard InChI is InChI=1S/C19H19NOS/c20-14-16(13-19-10-5-11-22-19)15-6-4-9-18(12-15)21-17-7-2-1-3-8-17/h1-12,16H,13-14,20H2. The molecule has 1 aromatic heterocycles. The molecule has 0 spiro atoms. The second kappa shape index (κ2) is 7.25. The van der Waals surface area contributed by atoms with Gasteiger partial charge in [-0.15, -0.1) is 11.3 Å². The number of rotatable bonds is 6. The van der Waals surface area contributed by atoms with Crippen molar-refractivity contribution >= 4 is 11.3 Å². The summed E-state index contributed by atoms with van der Waals surface area (Å²) in [6, 6.07) is 22.3. The zero-order chi connectivity index (χ0) is 15.2. The Morgan fingerprint density at radius 2 is 1.73 bits per heavy atom. The monoisotopic (exact) mass is 309 g/mol. The first-order chi connectivity index (χ1) is 10.8. The molecule has 3 aromatic rings. The molecular weight excluding hydrogens is 290 g/mol. The van der Waals surface area contributed by atoms with Crippen molar-refractivity contribution < 1.29 is 4.74 Å². The van der Waals surface area contributed by atoms with Gasteiger partial charge in [0.15, 0.2) is 0 Å². The molecular formula is C19H19NOS. The van der Waals surface area contributed by atoms with Gasteiger partial charge in [-0.1, -0.05) is 36.4 Å². The van der Waals surface area contributed by atoms with Crippen LogP contribution >= 0.6 is 11.3 Å². The van der Waals surface area contributed by atoms with Gasteiger partial charge >= 0.3 is 0 Å². The smallest absolute Gasteiger partial charge is 0.127 e. The molecule has 1 heterocycles. The largest absolute Gasteiger partial charge is 0.457 e. The Kier molecular flexibility index (Phi) is 4.88. The van der Waals surface area contributed by atoms with Crippen molar-refractivity contribution in [3.8, 4) is 11.5 Å². The third kappa shape index (κ3) is 3.75. The SMILES string of the molecule is NCC(Cc1cccs1)c1cccc(Oc2ccccc2)c1. The quantitative estimate of drug-likeness (QED) is 0.708. The molecule has 2 N–H and O–H groups in total. The van der Waals surface area contributed by atoms with E-state index in [1.807, 2.05) is 42.5 Å². The van der Waals surface area contributed by atoms with Gasteiger partial charge in [-0.2, -0.15) is 0 Å². The van der Waals surface area contributed by atoms with E-state index in [0.717, 1.165) is 17.9 Å². The van der Waals surface area contributed by atoms with Gasteiger partial charge in [-0.3, -0.25) is 0 Å². The maximum atomic E-state index is 5.99. The van der Waals surface area contributed by atoms with E-state index in [9.17, 15) is 0 Å². The maximum absolute atomic E-state index is 5.99. The van der Waals surface area contributed by atoms with Crippen molar-refractivity contribution in [3.63, 3.8) is 0 Å². The van der Waals surface area contributed by atoms with Gasteiger partial charge in [0.05, 0.1) is 0 Å². The molecule has 3 heteroatoms. The molecule has 0 saturated heterocycles. The first kappa shape index (κ1) is 14.8. The third-order valence-electron chi connectivity index (χ3n) is 3.62. The number of para-hydroxylation sites is 1. The fourth-order valence-electron chi connectivity index (χ4n) is 2.47. The molecule has 2 aromatic carbocycles. The van der Waals surface area contributed by atoms with Crippen LogP contribution in [0.3, 0.4) is 0 Å². The predicted octanol–water partition coefficient (Wildman–Crippen LogP) is 4.83. The van der Waals surface area contributed by atoms with Crippen molar-refractivity contribution in [3.05, 3.63) is 82.6 Å². The molecule has 0 amide bonds. The molecule has 0 saturated carbocycles. The topological polar surface area (TPSA) is 35.2 Å². The normalized spacial score (nSPS) is 12.0. The van der Waals surface area contributed by atoms with Crippen LogP contribution < -0.4 is 10.5 Å². The summed E-state index contributed by atoms with van der Waals surface area (Å²) in [6.45, 7) is 0.632. The lowest BCUT2D eigenvalue weighted by Gasteiger charge is -2.15. The Bertz CT molecular complexity index is 694. The van der Waals surface area contributed by atoms with Gasteiger partial charge in [0.2, 0.25) is 0 Å². The van der Waals surface area contributed by atoms with Crippen LogP contribution in [0.15, 0.2) is 72.1 Å². The summed E-state index contributed by atoms with van der Waals surface area (Å²) in [5.41, 5.74) is 7.21. The highest BCUT2D eigenvalue weighted by molar-refractivity contribution is 7.09. The van der Waals surface area contributed by atoms with Crippen LogP contribution in [-0.2, 0) is 6.42 Å². The number of hydrogen-bond donors (Lipinski definition) is 1. The number of nitrogens with two attached hydrogens (primary N) is 1. The Morgan fingerprint density at radius 1 is 0.909 bits per heavy atom. The van der Waals surface area contributed by atoms with Crippen molar-refractivity contribution in [2.75, 3.05) is 6.54 Å². The summed E-state index contributed by atoms with van der Waals surface area (Å²) in [4.78, 5) is 1.37. The molecule has 0 aliphatic carbocycles. The van der Waals surface area contributed by atoms with Crippen LogP contribution in [-0.4, -0.2) is 6.54 Å². The van der Waals surface area contributed by atoms with Crippen molar-refractivity contribution in [1.82, 2.24) is 0 Å². The molecule has 1 atom stereocenters. The van der Waals surface area contributed by atoms with E-state index < -0.39 is 0 Å². The van der Waals surface area contributed by atoms with Gasteiger partial charge in [-0.25, -0.2) is 0 Å². The van der Waals surface area contributed by atoms with E-state index in [1.165, 1.54) is 10.4 Å². The van der Waals surface area contributed by atoms with Crippen LogP contribution in [0, 0.1) is 0 Å². The lowest BCUT2D eigenvalue weighted by Crippen LogP contribution is -2.14. The van der Waals surface area contributed by atoms with Crippen LogP contribution in [0.25, 0.3) is 0 Å². The fraction of sp³-hybridized carbons (Fsp3) is 0.158. The highest BCUT2D eigenvalue weighted by atomic mass is 32.1. The van der Waals surface area contributed by atoms with Crippen LogP contribution in [0.4, 0.5) is 0 Å². The summed E-state index contributed by atoms with van der Waals surface area (Å²) < 4.78 is 5.91. The van der Waals surface area contributed by atoms with E-state index in [2.05, 4.69) is 29.6 Å². The molecule has 0 fully saturated rings. The van der Waals surface area contributed by atoms with E-state index in [4.69, 9.17) is 10.5 Å². The molecule has 112 valence electrons. The lowest BCUT2D eigenvalue weighted by atomic mass is 9.95. The number of hydrogen-bond acceptors (Lipinski definition) is 3. The summed E-state index contributed by atoms with van der Waals surface area (Å²) >= 11 is 1.78. The van der Waals surface area contributed by atoms with Crippen molar-refractivity contribution in [1.29, 1.82) is 0 Å². The molecule has 0 radical (unpaired) electrons. The molecule has 22 heavy (non-hydrogen) atoms. The van der Waals surface area contributed by atoms with Crippen LogP contribution in [0.5, 0.6) is 11.5 Å². The van der Waals surface area contributed by atoms with Gasteiger partial charge in [0.25, 0.3) is 0 Å².